The largest absolute Gasteiger partial charge is 0.481 e. The van der Waals surface area contributed by atoms with Crippen molar-refractivity contribution in [2.24, 2.45) is 5.73 Å². The van der Waals surface area contributed by atoms with E-state index in [0.717, 1.165) is 6.92 Å². The van der Waals surface area contributed by atoms with Crippen molar-refractivity contribution in [2.75, 3.05) is 6.61 Å². The zero-order valence-corrected chi connectivity index (χ0v) is 14.7. The van der Waals surface area contributed by atoms with E-state index in [0.29, 0.717) is 0 Å². The van der Waals surface area contributed by atoms with Crippen LogP contribution in [0.5, 0.6) is 0 Å². The van der Waals surface area contributed by atoms with Gasteiger partial charge in [-0.05, 0) is 13.8 Å². The van der Waals surface area contributed by atoms with Crippen molar-refractivity contribution in [2.45, 2.75) is 50.5 Å². The first-order valence-electron chi connectivity index (χ1n) is 7.80. The first kappa shape index (κ1) is 24.2. The average molecular weight is 392 g/mol. The summed E-state index contributed by atoms with van der Waals surface area (Å²) in [5.74, 6) is -5.89. The Hall–Kier alpha value is -2.77. The summed E-state index contributed by atoms with van der Waals surface area (Å²) in [6.45, 7) is 1.60. The maximum atomic E-state index is 12.2. The number of aliphatic hydroxyl groups excluding tert-OH is 2. The van der Waals surface area contributed by atoms with Gasteiger partial charge in [0, 0.05) is 0 Å². The van der Waals surface area contributed by atoms with Crippen molar-refractivity contribution in [3.05, 3.63) is 0 Å². The number of carbonyl (C=O) groups is 5. The number of amides is 3. The molecular weight excluding hydrogens is 368 g/mol. The standard InChI is InChI=1S/C14H24N4O9/c1-5(11(23)18-10(6(2)20)14(26)27)16-13(25)8(3-9(21)22)17-12(24)7(15)4-19/h5-8,10,19-20H,3-4,15H2,1-2H3,(H,16,25)(H,17,24)(H,18,23)(H,21,22)(H,26,27). The monoisotopic (exact) mass is 392 g/mol. The van der Waals surface area contributed by atoms with E-state index in [2.05, 4.69) is 5.32 Å². The van der Waals surface area contributed by atoms with Crippen LogP contribution >= 0.6 is 0 Å². The van der Waals surface area contributed by atoms with Crippen molar-refractivity contribution in [1.82, 2.24) is 16.0 Å². The van der Waals surface area contributed by atoms with E-state index in [1.807, 2.05) is 10.6 Å². The van der Waals surface area contributed by atoms with Crippen molar-refractivity contribution < 1.29 is 44.4 Å². The first-order valence-corrected chi connectivity index (χ1v) is 7.80. The van der Waals surface area contributed by atoms with Gasteiger partial charge in [-0.25, -0.2) is 4.79 Å². The molecule has 0 aromatic carbocycles. The van der Waals surface area contributed by atoms with Crippen LogP contribution in [0.25, 0.3) is 0 Å². The lowest BCUT2D eigenvalue weighted by molar-refractivity contribution is -0.145. The number of carbonyl (C=O) groups excluding carboxylic acids is 3. The SMILES string of the molecule is CC(NC(=O)C(CC(=O)O)NC(=O)C(N)CO)C(=O)NC(C(=O)O)C(C)O. The van der Waals surface area contributed by atoms with Gasteiger partial charge in [0.05, 0.1) is 19.1 Å². The molecule has 0 radical (unpaired) electrons. The van der Waals surface area contributed by atoms with Crippen LogP contribution in [0, 0.1) is 0 Å². The molecule has 0 aliphatic rings. The number of nitrogens with two attached hydrogens (primary N) is 1. The minimum atomic E-state index is -1.62. The van der Waals surface area contributed by atoms with Crippen LogP contribution in [-0.2, 0) is 24.0 Å². The lowest BCUT2D eigenvalue weighted by Gasteiger charge is -2.23. The Morgan fingerprint density at radius 1 is 0.926 bits per heavy atom. The van der Waals surface area contributed by atoms with Crippen LogP contribution in [0.3, 0.4) is 0 Å². The molecule has 13 heteroatoms. The zero-order chi connectivity index (χ0) is 21.3. The Labute approximate surface area is 153 Å². The van der Waals surface area contributed by atoms with E-state index in [4.69, 9.17) is 21.1 Å². The Balaban J connectivity index is 5.03. The summed E-state index contributed by atoms with van der Waals surface area (Å²) in [5.41, 5.74) is 5.27. The van der Waals surface area contributed by atoms with E-state index in [-0.39, 0.29) is 0 Å². The first-order chi connectivity index (χ1) is 12.4. The summed E-state index contributed by atoms with van der Waals surface area (Å²) in [7, 11) is 0. The molecule has 0 fully saturated rings. The highest BCUT2D eigenvalue weighted by Gasteiger charge is 2.30. The van der Waals surface area contributed by atoms with Gasteiger partial charge in [0.25, 0.3) is 0 Å². The molecule has 0 bridgehead atoms. The van der Waals surface area contributed by atoms with Crippen molar-refractivity contribution in [1.29, 1.82) is 0 Å². The topological polar surface area (TPSA) is 228 Å². The number of hydrogen-bond acceptors (Lipinski definition) is 8. The highest BCUT2D eigenvalue weighted by molar-refractivity contribution is 5.95. The van der Waals surface area contributed by atoms with Gasteiger partial charge < -0.3 is 42.1 Å². The minimum absolute atomic E-state index is 0.734. The third kappa shape index (κ3) is 8.44. The molecule has 0 aliphatic carbocycles. The molecule has 0 aliphatic heterocycles. The molecule has 0 aromatic heterocycles. The van der Waals surface area contributed by atoms with Gasteiger partial charge >= 0.3 is 11.9 Å². The summed E-state index contributed by atoms with van der Waals surface area (Å²) in [5, 5.41) is 42.1. The van der Waals surface area contributed by atoms with Crippen LogP contribution in [0.2, 0.25) is 0 Å². The number of rotatable bonds is 11. The second-order valence-electron chi connectivity index (χ2n) is 5.74. The van der Waals surface area contributed by atoms with Crippen LogP contribution in [0.15, 0.2) is 0 Å². The third-order valence-electron chi connectivity index (χ3n) is 3.34. The molecule has 0 spiro atoms. The molecule has 13 nitrogen and oxygen atoms in total. The molecule has 3 amide bonds. The van der Waals surface area contributed by atoms with Gasteiger partial charge in [0.1, 0.15) is 18.1 Å². The Morgan fingerprint density at radius 2 is 1.48 bits per heavy atom. The predicted molar refractivity (Wildman–Crippen MR) is 88.1 cm³/mol. The van der Waals surface area contributed by atoms with Crippen LogP contribution < -0.4 is 21.7 Å². The molecule has 5 atom stereocenters. The number of carboxylic acids is 2. The van der Waals surface area contributed by atoms with Gasteiger partial charge in [-0.2, -0.15) is 0 Å². The van der Waals surface area contributed by atoms with Crippen LogP contribution in [-0.4, -0.2) is 87.0 Å². The summed E-state index contributed by atoms with van der Waals surface area (Å²) in [6, 6.07) is -5.89. The number of carboxylic acid groups (broad SMARTS) is 2. The van der Waals surface area contributed by atoms with Gasteiger partial charge in [-0.1, -0.05) is 0 Å². The van der Waals surface area contributed by atoms with Gasteiger partial charge in [-0.15, -0.1) is 0 Å². The van der Waals surface area contributed by atoms with E-state index >= 15 is 0 Å². The second-order valence-corrected chi connectivity index (χ2v) is 5.74. The smallest absolute Gasteiger partial charge is 0.328 e. The molecule has 0 heterocycles. The lowest BCUT2D eigenvalue weighted by Crippen LogP contribution is -2.58. The van der Waals surface area contributed by atoms with E-state index in [1.54, 1.807) is 0 Å². The number of nitrogens with one attached hydrogen (secondary N) is 3. The lowest BCUT2D eigenvalue weighted by atomic mass is 10.1. The number of aliphatic carboxylic acids is 2. The molecule has 0 aromatic rings. The van der Waals surface area contributed by atoms with Crippen molar-refractivity contribution >= 4 is 29.7 Å². The highest BCUT2D eigenvalue weighted by atomic mass is 16.4. The van der Waals surface area contributed by atoms with Gasteiger partial charge in [0.2, 0.25) is 17.7 Å². The van der Waals surface area contributed by atoms with Crippen LogP contribution in [0.1, 0.15) is 20.3 Å². The molecule has 9 N–H and O–H groups in total. The predicted octanol–water partition coefficient (Wildman–Crippen LogP) is -4.28. The summed E-state index contributed by atoms with van der Waals surface area (Å²) in [4.78, 5) is 57.6. The molecule has 0 saturated carbocycles. The van der Waals surface area contributed by atoms with E-state index in [9.17, 15) is 29.1 Å². The summed E-state index contributed by atoms with van der Waals surface area (Å²) in [6.07, 6.45) is -2.23. The third-order valence-corrected chi connectivity index (χ3v) is 3.34. The molecular formula is C14H24N4O9. The average Bonchev–Trinajstić information content (AvgIpc) is 2.56. The molecule has 27 heavy (non-hydrogen) atoms. The quantitative estimate of drug-likeness (QED) is 0.169. The molecule has 0 rings (SSSR count). The summed E-state index contributed by atoms with van der Waals surface area (Å²) < 4.78 is 0. The Kier molecular flexibility index (Phi) is 9.92. The molecule has 5 unspecified atom stereocenters. The molecule has 154 valence electrons. The maximum Gasteiger partial charge on any atom is 0.328 e. The fourth-order valence-corrected chi connectivity index (χ4v) is 1.79. The molecule has 0 saturated heterocycles. The van der Waals surface area contributed by atoms with Crippen LogP contribution in [0.4, 0.5) is 0 Å². The maximum absolute atomic E-state index is 12.2. The minimum Gasteiger partial charge on any atom is -0.481 e. The Morgan fingerprint density at radius 3 is 1.89 bits per heavy atom. The van der Waals surface area contributed by atoms with E-state index in [1.165, 1.54) is 6.92 Å². The van der Waals surface area contributed by atoms with Gasteiger partial charge in [-0.3, -0.25) is 19.2 Å². The van der Waals surface area contributed by atoms with Crippen molar-refractivity contribution in [3.63, 3.8) is 0 Å². The normalized spacial score (nSPS) is 16.2. The fourth-order valence-electron chi connectivity index (χ4n) is 1.79. The fraction of sp³-hybridized carbons (Fsp3) is 0.643. The second kappa shape index (κ2) is 11.1. The van der Waals surface area contributed by atoms with Gasteiger partial charge in [0.15, 0.2) is 6.04 Å². The van der Waals surface area contributed by atoms with Crippen molar-refractivity contribution in [3.8, 4) is 0 Å². The Bertz CT molecular complexity index is 581. The number of aliphatic hydroxyl groups is 2. The van der Waals surface area contributed by atoms with E-state index < -0.39 is 73.0 Å². The number of hydrogen-bond donors (Lipinski definition) is 8. The zero-order valence-electron chi connectivity index (χ0n) is 14.7. The summed E-state index contributed by atoms with van der Waals surface area (Å²) >= 11 is 0. The highest BCUT2D eigenvalue weighted by Crippen LogP contribution is 1.98.